The van der Waals surface area contributed by atoms with Crippen molar-refractivity contribution in [2.75, 3.05) is 5.32 Å². The number of hydrogen-bond donors (Lipinski definition) is 1. The fraction of sp³-hybridized carbons (Fsp3) is 0.174. The molecule has 1 N–H and O–H groups in total. The van der Waals surface area contributed by atoms with Crippen molar-refractivity contribution in [1.29, 1.82) is 0 Å². The smallest absolute Gasteiger partial charge is 0.324 e. The number of carbonyl (C=O) groups is 1. The number of anilines is 1. The summed E-state index contributed by atoms with van der Waals surface area (Å²) in [6.07, 6.45) is 0. The van der Waals surface area contributed by atoms with E-state index in [2.05, 4.69) is 5.32 Å². The van der Waals surface area contributed by atoms with Crippen LogP contribution in [0.15, 0.2) is 63.5 Å². The van der Waals surface area contributed by atoms with E-state index >= 15 is 0 Å². The van der Waals surface area contributed by atoms with Gasteiger partial charge in [0.2, 0.25) is 5.91 Å². The quantitative estimate of drug-likeness (QED) is 0.492. The van der Waals surface area contributed by atoms with E-state index in [0.29, 0.717) is 26.5 Å². The molecule has 0 aliphatic rings. The Morgan fingerprint density at radius 3 is 2.61 bits per heavy atom. The van der Waals surface area contributed by atoms with Crippen LogP contribution < -0.4 is 16.6 Å². The summed E-state index contributed by atoms with van der Waals surface area (Å²) in [6, 6.07) is 14.5. The molecule has 0 fully saturated rings. The molecule has 0 saturated carbocycles. The van der Waals surface area contributed by atoms with E-state index in [1.165, 1.54) is 15.9 Å². The lowest BCUT2D eigenvalue weighted by Gasteiger charge is -2.14. The second-order valence-corrected chi connectivity index (χ2v) is 8.68. The first kappa shape index (κ1) is 21.1. The molecule has 0 aliphatic carbocycles. The Bertz CT molecular complexity index is 1420. The second-order valence-electron chi connectivity index (χ2n) is 7.35. The summed E-state index contributed by atoms with van der Waals surface area (Å²) in [7, 11) is 0. The molecule has 0 bridgehead atoms. The number of nitrogens with one attached hydrogen (secondary N) is 1. The van der Waals surface area contributed by atoms with Crippen molar-refractivity contribution in [2.45, 2.75) is 26.9 Å². The molecule has 2 aromatic carbocycles. The Hall–Kier alpha value is -3.16. The molecule has 6 nitrogen and oxygen atoms in total. The molecule has 4 rings (SSSR count). The number of carbonyl (C=O) groups excluding carboxylic acids is 1. The van der Waals surface area contributed by atoms with Gasteiger partial charge in [0, 0.05) is 10.7 Å². The van der Waals surface area contributed by atoms with Crippen LogP contribution in [0.3, 0.4) is 0 Å². The number of aryl methyl sites for hydroxylation is 2. The Morgan fingerprint density at radius 2 is 1.84 bits per heavy atom. The average molecular weight is 454 g/mol. The van der Waals surface area contributed by atoms with Crippen molar-refractivity contribution in [3.8, 4) is 0 Å². The summed E-state index contributed by atoms with van der Waals surface area (Å²) in [5.74, 6) is -0.341. The number of hydrogen-bond acceptors (Lipinski definition) is 4. The fourth-order valence-corrected chi connectivity index (χ4v) is 4.46. The van der Waals surface area contributed by atoms with Gasteiger partial charge in [-0.3, -0.25) is 18.7 Å². The highest BCUT2D eigenvalue weighted by atomic mass is 35.5. The van der Waals surface area contributed by atoms with Crippen molar-refractivity contribution in [1.82, 2.24) is 9.13 Å². The lowest BCUT2D eigenvalue weighted by atomic mass is 10.1. The predicted molar refractivity (Wildman–Crippen MR) is 125 cm³/mol. The van der Waals surface area contributed by atoms with Gasteiger partial charge in [-0.2, -0.15) is 0 Å². The third-order valence-corrected chi connectivity index (χ3v) is 6.35. The van der Waals surface area contributed by atoms with Crippen LogP contribution in [-0.2, 0) is 17.9 Å². The molecule has 0 radical (unpaired) electrons. The van der Waals surface area contributed by atoms with E-state index in [0.717, 1.165) is 15.7 Å². The molecular weight excluding hydrogens is 434 g/mol. The van der Waals surface area contributed by atoms with Gasteiger partial charge in [-0.25, -0.2) is 4.79 Å². The molecule has 0 aliphatic heterocycles. The van der Waals surface area contributed by atoms with Crippen molar-refractivity contribution < 1.29 is 4.79 Å². The largest absolute Gasteiger partial charge is 0.332 e. The number of thiophene rings is 1. The van der Waals surface area contributed by atoms with E-state index in [-0.39, 0.29) is 24.6 Å². The highest BCUT2D eigenvalue weighted by molar-refractivity contribution is 7.17. The number of halogens is 1. The number of aromatic nitrogens is 2. The number of nitrogens with zero attached hydrogens (tertiary/aromatic N) is 2. The third-order valence-electron chi connectivity index (χ3n) is 5.09. The van der Waals surface area contributed by atoms with Crippen molar-refractivity contribution in [2.24, 2.45) is 0 Å². The normalized spacial score (nSPS) is 11.1. The molecule has 1 amide bonds. The van der Waals surface area contributed by atoms with Gasteiger partial charge in [0.05, 0.1) is 12.1 Å². The first-order valence-corrected chi connectivity index (χ1v) is 10.9. The highest BCUT2D eigenvalue weighted by Gasteiger charge is 2.17. The van der Waals surface area contributed by atoms with Crippen molar-refractivity contribution >= 4 is 44.7 Å². The molecule has 158 valence electrons. The lowest BCUT2D eigenvalue weighted by molar-refractivity contribution is -0.116. The number of rotatable bonds is 5. The van der Waals surface area contributed by atoms with E-state index < -0.39 is 5.69 Å². The minimum atomic E-state index is -0.549. The van der Waals surface area contributed by atoms with Crippen LogP contribution in [0.1, 0.15) is 16.7 Å². The van der Waals surface area contributed by atoms with E-state index in [1.54, 1.807) is 35.7 Å². The predicted octanol–water partition coefficient (Wildman–Crippen LogP) is 4.18. The maximum absolute atomic E-state index is 13.2. The molecule has 0 unspecified atom stereocenters. The Morgan fingerprint density at radius 1 is 1.06 bits per heavy atom. The average Bonchev–Trinajstić information content (AvgIpc) is 3.22. The molecule has 8 heteroatoms. The summed E-state index contributed by atoms with van der Waals surface area (Å²) in [6.45, 7) is 3.67. The third kappa shape index (κ3) is 4.19. The van der Waals surface area contributed by atoms with E-state index in [4.69, 9.17) is 11.6 Å². The number of amides is 1. The number of fused-ring (bicyclic) bond motifs is 1. The van der Waals surface area contributed by atoms with Gasteiger partial charge in [0.1, 0.15) is 11.2 Å². The molecular formula is C23H20ClN3O3S. The number of benzene rings is 2. The fourth-order valence-electron chi connectivity index (χ4n) is 3.43. The lowest BCUT2D eigenvalue weighted by Crippen LogP contribution is -2.41. The molecule has 2 heterocycles. The summed E-state index contributed by atoms with van der Waals surface area (Å²) in [4.78, 5) is 39.0. The van der Waals surface area contributed by atoms with Gasteiger partial charge < -0.3 is 5.32 Å². The van der Waals surface area contributed by atoms with Crippen LogP contribution in [-0.4, -0.2) is 15.0 Å². The SMILES string of the molecule is Cc1ccc(C)c(NC(=O)Cn2c(=O)n(Cc3ccccc3Cl)c(=O)c3sccc32)c1. The summed E-state index contributed by atoms with van der Waals surface area (Å²) in [5.41, 5.74) is 2.82. The van der Waals surface area contributed by atoms with Crippen LogP contribution in [0.4, 0.5) is 5.69 Å². The Kier molecular flexibility index (Phi) is 5.80. The van der Waals surface area contributed by atoms with Crippen LogP contribution in [0, 0.1) is 13.8 Å². The van der Waals surface area contributed by atoms with Gasteiger partial charge in [0.25, 0.3) is 5.56 Å². The Balaban J connectivity index is 1.74. The van der Waals surface area contributed by atoms with Crippen molar-refractivity contribution in [3.63, 3.8) is 0 Å². The summed E-state index contributed by atoms with van der Waals surface area (Å²) in [5, 5.41) is 5.08. The van der Waals surface area contributed by atoms with Gasteiger partial charge in [-0.05, 0) is 54.1 Å². The summed E-state index contributed by atoms with van der Waals surface area (Å²) >= 11 is 7.48. The highest BCUT2D eigenvalue weighted by Crippen LogP contribution is 2.19. The van der Waals surface area contributed by atoms with Crippen molar-refractivity contribution in [3.05, 3.63) is 96.5 Å². The zero-order valence-corrected chi connectivity index (χ0v) is 18.6. The molecule has 4 aromatic rings. The standard InChI is InChI=1S/C23H20ClN3O3S/c1-14-7-8-15(2)18(11-14)25-20(28)13-26-19-9-10-31-21(19)22(29)27(23(26)30)12-16-5-3-4-6-17(16)24/h3-11H,12-13H2,1-2H3,(H,25,28). The first-order valence-electron chi connectivity index (χ1n) is 9.66. The van der Waals surface area contributed by atoms with Gasteiger partial charge in [-0.15, -0.1) is 11.3 Å². The van der Waals surface area contributed by atoms with Gasteiger partial charge >= 0.3 is 5.69 Å². The minimum Gasteiger partial charge on any atom is -0.324 e. The molecule has 31 heavy (non-hydrogen) atoms. The second kappa shape index (κ2) is 8.53. The molecule has 0 atom stereocenters. The molecule has 0 saturated heterocycles. The van der Waals surface area contributed by atoms with Crippen LogP contribution in [0.2, 0.25) is 5.02 Å². The van der Waals surface area contributed by atoms with E-state index in [1.807, 2.05) is 32.0 Å². The monoisotopic (exact) mass is 453 g/mol. The first-order chi connectivity index (χ1) is 14.8. The summed E-state index contributed by atoms with van der Waals surface area (Å²) < 4.78 is 2.89. The van der Waals surface area contributed by atoms with Crippen LogP contribution in [0.25, 0.3) is 10.2 Å². The zero-order chi connectivity index (χ0) is 22.1. The van der Waals surface area contributed by atoms with E-state index in [9.17, 15) is 14.4 Å². The van der Waals surface area contributed by atoms with Crippen LogP contribution in [0.5, 0.6) is 0 Å². The molecule has 0 spiro atoms. The van der Waals surface area contributed by atoms with Crippen LogP contribution >= 0.6 is 22.9 Å². The Labute approximate surface area is 187 Å². The maximum Gasteiger partial charge on any atom is 0.332 e. The molecule has 2 aromatic heterocycles. The minimum absolute atomic E-state index is 0.0315. The zero-order valence-electron chi connectivity index (χ0n) is 17.0. The maximum atomic E-state index is 13.2. The van der Waals surface area contributed by atoms with Gasteiger partial charge in [-0.1, -0.05) is 41.9 Å². The van der Waals surface area contributed by atoms with Gasteiger partial charge in [0.15, 0.2) is 0 Å². The topological polar surface area (TPSA) is 73.1 Å².